The Morgan fingerprint density at radius 2 is 1.70 bits per heavy atom. The third kappa shape index (κ3) is 3.55. The summed E-state index contributed by atoms with van der Waals surface area (Å²) in [5, 5.41) is 11.1. The van der Waals surface area contributed by atoms with Gasteiger partial charge in [-0.25, -0.2) is 0 Å². The van der Waals surface area contributed by atoms with Crippen LogP contribution in [0, 0.1) is 0 Å². The van der Waals surface area contributed by atoms with E-state index in [0.29, 0.717) is 11.6 Å². The maximum atomic E-state index is 10.5. The van der Waals surface area contributed by atoms with Crippen molar-refractivity contribution in [2.24, 2.45) is 0 Å². The Hall–Kier alpha value is -0.550. The molecule has 2 aromatic carbocycles. The van der Waals surface area contributed by atoms with Crippen LogP contribution < -0.4 is 4.74 Å². The van der Waals surface area contributed by atoms with Gasteiger partial charge in [0.05, 0.1) is 6.61 Å². The van der Waals surface area contributed by atoms with E-state index in [-0.39, 0.29) is 0 Å². The molecule has 0 fully saturated rings. The Morgan fingerprint density at radius 3 is 2.25 bits per heavy atom. The molecule has 0 heterocycles. The van der Waals surface area contributed by atoms with Gasteiger partial charge in [0, 0.05) is 14.0 Å². The molecule has 0 aliphatic heterocycles. The SMILES string of the molecule is CCOc1ccc(C(O)c2ccc(Cl)cc2Br)c(Br)c1. The molecule has 0 bridgehead atoms. The van der Waals surface area contributed by atoms with Gasteiger partial charge in [0.2, 0.25) is 0 Å². The molecule has 0 aliphatic carbocycles. The van der Waals surface area contributed by atoms with Crippen molar-refractivity contribution in [3.63, 3.8) is 0 Å². The van der Waals surface area contributed by atoms with Crippen LogP contribution in [0.3, 0.4) is 0 Å². The highest BCUT2D eigenvalue weighted by Crippen LogP contribution is 2.35. The molecule has 0 radical (unpaired) electrons. The maximum absolute atomic E-state index is 10.5. The van der Waals surface area contributed by atoms with Crippen LogP contribution in [0.4, 0.5) is 0 Å². The highest BCUT2D eigenvalue weighted by molar-refractivity contribution is 9.10. The number of halogens is 3. The Bertz CT molecular complexity index is 617. The van der Waals surface area contributed by atoms with Crippen molar-refractivity contribution in [3.8, 4) is 5.75 Å². The predicted molar refractivity (Wildman–Crippen MR) is 88.5 cm³/mol. The molecule has 106 valence electrons. The van der Waals surface area contributed by atoms with Gasteiger partial charge in [-0.3, -0.25) is 0 Å². The number of benzene rings is 2. The molecule has 2 aromatic rings. The van der Waals surface area contributed by atoms with Crippen LogP contribution in [-0.4, -0.2) is 11.7 Å². The highest BCUT2D eigenvalue weighted by Gasteiger charge is 2.17. The first kappa shape index (κ1) is 15.8. The molecule has 0 aromatic heterocycles. The molecule has 0 saturated carbocycles. The zero-order chi connectivity index (χ0) is 14.7. The Labute approximate surface area is 140 Å². The molecule has 0 aliphatic rings. The summed E-state index contributed by atoms with van der Waals surface area (Å²) in [4.78, 5) is 0. The first-order valence-electron chi connectivity index (χ1n) is 6.08. The van der Waals surface area contributed by atoms with E-state index in [1.807, 2.05) is 25.1 Å². The number of aliphatic hydroxyl groups excluding tert-OH is 1. The third-order valence-corrected chi connectivity index (χ3v) is 4.44. The van der Waals surface area contributed by atoms with Crippen molar-refractivity contribution >= 4 is 43.5 Å². The van der Waals surface area contributed by atoms with Crippen molar-refractivity contribution < 1.29 is 9.84 Å². The van der Waals surface area contributed by atoms with Gasteiger partial charge in [-0.05, 0) is 42.3 Å². The summed E-state index contributed by atoms with van der Waals surface area (Å²) in [6.07, 6.45) is -0.744. The second kappa shape index (κ2) is 6.94. The first-order chi connectivity index (χ1) is 9.52. The topological polar surface area (TPSA) is 29.5 Å². The lowest BCUT2D eigenvalue weighted by atomic mass is 10.0. The van der Waals surface area contributed by atoms with Gasteiger partial charge in [-0.15, -0.1) is 0 Å². The molecule has 20 heavy (non-hydrogen) atoms. The van der Waals surface area contributed by atoms with Gasteiger partial charge in [0.25, 0.3) is 0 Å². The third-order valence-electron chi connectivity index (χ3n) is 2.83. The number of rotatable bonds is 4. The summed E-state index contributed by atoms with van der Waals surface area (Å²) >= 11 is 12.8. The summed E-state index contributed by atoms with van der Waals surface area (Å²) in [5.41, 5.74) is 1.54. The number of hydrogen-bond acceptors (Lipinski definition) is 2. The van der Waals surface area contributed by atoms with E-state index >= 15 is 0 Å². The lowest BCUT2D eigenvalue weighted by molar-refractivity contribution is 0.218. The Balaban J connectivity index is 2.35. The van der Waals surface area contributed by atoms with Gasteiger partial charge in [-0.1, -0.05) is 55.6 Å². The van der Waals surface area contributed by atoms with Crippen LogP contribution >= 0.6 is 43.5 Å². The van der Waals surface area contributed by atoms with Crippen molar-refractivity contribution in [2.75, 3.05) is 6.61 Å². The van der Waals surface area contributed by atoms with Crippen LogP contribution in [0.15, 0.2) is 45.3 Å². The van der Waals surface area contributed by atoms with Gasteiger partial charge in [0.1, 0.15) is 11.9 Å². The fourth-order valence-electron chi connectivity index (χ4n) is 1.88. The minimum Gasteiger partial charge on any atom is -0.494 e. The summed E-state index contributed by atoms with van der Waals surface area (Å²) in [6, 6.07) is 10.9. The molecular weight excluding hydrogens is 407 g/mol. The van der Waals surface area contributed by atoms with E-state index in [4.69, 9.17) is 16.3 Å². The lowest BCUT2D eigenvalue weighted by Crippen LogP contribution is -2.02. The average Bonchev–Trinajstić information content (AvgIpc) is 2.38. The zero-order valence-corrected chi connectivity index (χ0v) is 14.7. The summed E-state index contributed by atoms with van der Waals surface area (Å²) < 4.78 is 7.01. The van der Waals surface area contributed by atoms with E-state index in [0.717, 1.165) is 25.8 Å². The summed E-state index contributed by atoms with van der Waals surface area (Å²) in [7, 11) is 0. The van der Waals surface area contributed by atoms with E-state index < -0.39 is 6.10 Å². The minimum absolute atomic E-state index is 0.608. The van der Waals surface area contributed by atoms with Crippen molar-refractivity contribution in [3.05, 3.63) is 61.5 Å². The van der Waals surface area contributed by atoms with Crippen molar-refractivity contribution in [2.45, 2.75) is 13.0 Å². The van der Waals surface area contributed by atoms with Crippen LogP contribution in [0.1, 0.15) is 24.2 Å². The van der Waals surface area contributed by atoms with Crippen LogP contribution in [0.25, 0.3) is 0 Å². The average molecular weight is 421 g/mol. The summed E-state index contributed by atoms with van der Waals surface area (Å²) in [5.74, 6) is 0.769. The molecule has 5 heteroatoms. The van der Waals surface area contributed by atoms with E-state index in [9.17, 15) is 5.11 Å². The van der Waals surface area contributed by atoms with Gasteiger partial charge in [0.15, 0.2) is 0 Å². The molecule has 0 spiro atoms. The van der Waals surface area contributed by atoms with E-state index in [1.165, 1.54) is 0 Å². The fourth-order valence-corrected chi connectivity index (χ4v) is 3.35. The predicted octanol–water partition coefficient (Wildman–Crippen LogP) is 5.35. The van der Waals surface area contributed by atoms with E-state index in [1.54, 1.807) is 18.2 Å². The molecule has 2 rings (SSSR count). The normalized spacial score (nSPS) is 12.2. The Morgan fingerprint density at radius 1 is 1.10 bits per heavy atom. The zero-order valence-electron chi connectivity index (χ0n) is 10.7. The quantitative estimate of drug-likeness (QED) is 0.723. The molecule has 0 saturated heterocycles. The minimum atomic E-state index is -0.744. The molecule has 1 unspecified atom stereocenters. The number of aliphatic hydroxyl groups is 1. The second-order valence-electron chi connectivity index (χ2n) is 4.18. The van der Waals surface area contributed by atoms with E-state index in [2.05, 4.69) is 31.9 Å². The second-order valence-corrected chi connectivity index (χ2v) is 6.33. The largest absolute Gasteiger partial charge is 0.494 e. The molecule has 2 nitrogen and oxygen atoms in total. The fraction of sp³-hybridized carbons (Fsp3) is 0.200. The van der Waals surface area contributed by atoms with Gasteiger partial charge < -0.3 is 9.84 Å². The summed E-state index contributed by atoms with van der Waals surface area (Å²) in [6.45, 7) is 2.54. The first-order valence-corrected chi connectivity index (χ1v) is 8.04. The maximum Gasteiger partial charge on any atom is 0.120 e. The molecule has 1 N–H and O–H groups in total. The Kier molecular flexibility index (Phi) is 5.49. The molecular formula is C15H13Br2ClO2. The standard InChI is InChI=1S/C15H13Br2ClO2/c1-2-20-10-4-6-12(14(17)8-10)15(19)11-5-3-9(18)7-13(11)16/h3-8,15,19H,2H2,1H3. The van der Waals surface area contributed by atoms with Crippen LogP contribution in [0.2, 0.25) is 5.02 Å². The lowest BCUT2D eigenvalue weighted by Gasteiger charge is -2.16. The molecule has 1 atom stereocenters. The number of ether oxygens (including phenoxy) is 1. The van der Waals surface area contributed by atoms with Crippen LogP contribution in [-0.2, 0) is 0 Å². The smallest absolute Gasteiger partial charge is 0.120 e. The van der Waals surface area contributed by atoms with Gasteiger partial charge >= 0.3 is 0 Å². The van der Waals surface area contributed by atoms with Crippen molar-refractivity contribution in [1.82, 2.24) is 0 Å². The monoisotopic (exact) mass is 418 g/mol. The van der Waals surface area contributed by atoms with Gasteiger partial charge in [-0.2, -0.15) is 0 Å². The number of hydrogen-bond donors (Lipinski definition) is 1. The van der Waals surface area contributed by atoms with Crippen molar-refractivity contribution in [1.29, 1.82) is 0 Å². The molecule has 0 amide bonds. The van der Waals surface area contributed by atoms with Crippen LogP contribution in [0.5, 0.6) is 5.75 Å². The highest BCUT2D eigenvalue weighted by atomic mass is 79.9.